The highest BCUT2D eigenvalue weighted by atomic mass is 32.2. The van der Waals surface area contributed by atoms with Crippen molar-refractivity contribution in [1.82, 2.24) is 4.90 Å². The number of amides is 2. The van der Waals surface area contributed by atoms with Crippen LogP contribution < -0.4 is 5.32 Å². The Hall–Kier alpha value is -2.29. The van der Waals surface area contributed by atoms with Gasteiger partial charge in [0.25, 0.3) is 5.69 Å². The number of non-ortho nitro benzene ring substituents is 1. The lowest BCUT2D eigenvalue weighted by molar-refractivity contribution is -0.384. The monoisotopic (exact) mass is 311 g/mol. The zero-order chi connectivity index (χ0) is 15.6. The number of benzene rings is 1. The molecule has 8 nitrogen and oxygen atoms in total. The standard InChI is InChI=1S/C12H13N3O5S/c1-7-4-8(15(19)20)2-3-9(7)13-12(18)14-6-21-5-10(14)11(16)17/h2-4,10H,5-6H2,1H3,(H,13,18)(H,16,17). The first-order valence-electron chi connectivity index (χ1n) is 6.03. The number of rotatable bonds is 3. The third kappa shape index (κ3) is 3.24. The summed E-state index contributed by atoms with van der Waals surface area (Å²) in [4.78, 5) is 34.5. The highest BCUT2D eigenvalue weighted by Crippen LogP contribution is 2.25. The van der Waals surface area contributed by atoms with Gasteiger partial charge in [-0.3, -0.25) is 10.1 Å². The highest BCUT2D eigenvalue weighted by Gasteiger charge is 2.34. The van der Waals surface area contributed by atoms with Gasteiger partial charge in [-0.2, -0.15) is 0 Å². The molecule has 1 unspecified atom stereocenters. The number of hydrogen-bond donors (Lipinski definition) is 2. The molecule has 112 valence electrons. The highest BCUT2D eigenvalue weighted by molar-refractivity contribution is 7.99. The lowest BCUT2D eigenvalue weighted by Crippen LogP contribution is -2.44. The zero-order valence-electron chi connectivity index (χ0n) is 11.1. The van der Waals surface area contributed by atoms with Crippen molar-refractivity contribution in [2.24, 2.45) is 0 Å². The molecule has 0 aromatic heterocycles. The summed E-state index contributed by atoms with van der Waals surface area (Å²) < 4.78 is 0. The first-order valence-corrected chi connectivity index (χ1v) is 7.19. The first kappa shape index (κ1) is 15.1. The fourth-order valence-corrected chi connectivity index (χ4v) is 3.08. The van der Waals surface area contributed by atoms with E-state index in [-0.39, 0.29) is 5.69 Å². The van der Waals surface area contributed by atoms with E-state index >= 15 is 0 Å². The van der Waals surface area contributed by atoms with Crippen molar-refractivity contribution in [3.8, 4) is 0 Å². The normalized spacial score (nSPS) is 17.6. The van der Waals surface area contributed by atoms with E-state index in [0.29, 0.717) is 22.9 Å². The number of anilines is 1. The molecule has 2 N–H and O–H groups in total. The van der Waals surface area contributed by atoms with Gasteiger partial charge in [0.1, 0.15) is 6.04 Å². The van der Waals surface area contributed by atoms with Crippen LogP contribution in [-0.4, -0.2) is 44.6 Å². The minimum Gasteiger partial charge on any atom is -0.480 e. The Morgan fingerprint density at radius 2 is 2.24 bits per heavy atom. The smallest absolute Gasteiger partial charge is 0.327 e. The average Bonchev–Trinajstić information content (AvgIpc) is 2.90. The molecule has 1 aliphatic rings. The van der Waals surface area contributed by atoms with Gasteiger partial charge in [-0.15, -0.1) is 11.8 Å². The number of nitro benzene ring substituents is 1. The number of hydrogen-bond acceptors (Lipinski definition) is 5. The molecule has 1 fully saturated rings. The van der Waals surface area contributed by atoms with Crippen LogP contribution in [0.15, 0.2) is 18.2 Å². The molecule has 0 spiro atoms. The summed E-state index contributed by atoms with van der Waals surface area (Å²) in [7, 11) is 0. The van der Waals surface area contributed by atoms with Crippen LogP contribution in [0, 0.1) is 17.0 Å². The predicted octanol–water partition coefficient (Wildman–Crippen LogP) is 1.89. The Bertz CT molecular complexity index is 607. The number of urea groups is 1. The van der Waals surface area contributed by atoms with E-state index in [9.17, 15) is 19.7 Å². The summed E-state index contributed by atoms with van der Waals surface area (Å²) in [6, 6.07) is 2.70. The molecule has 9 heteroatoms. The van der Waals surface area contributed by atoms with E-state index in [2.05, 4.69) is 5.32 Å². The van der Waals surface area contributed by atoms with Crippen molar-refractivity contribution in [2.45, 2.75) is 13.0 Å². The molecule has 2 rings (SSSR count). The van der Waals surface area contributed by atoms with E-state index < -0.39 is 23.0 Å². The van der Waals surface area contributed by atoms with Gasteiger partial charge in [0.05, 0.1) is 10.8 Å². The van der Waals surface area contributed by atoms with E-state index in [1.807, 2.05) is 0 Å². The summed E-state index contributed by atoms with van der Waals surface area (Å²) in [5.41, 5.74) is 0.897. The van der Waals surface area contributed by atoms with Crippen molar-refractivity contribution in [3.63, 3.8) is 0 Å². The number of thioether (sulfide) groups is 1. The van der Waals surface area contributed by atoms with Crippen LogP contribution in [0.2, 0.25) is 0 Å². The molecule has 0 saturated carbocycles. The third-order valence-electron chi connectivity index (χ3n) is 3.09. The number of nitrogens with zero attached hydrogens (tertiary/aromatic N) is 2. The molecule has 0 radical (unpaired) electrons. The summed E-state index contributed by atoms with van der Waals surface area (Å²) in [5.74, 6) is -0.396. The van der Waals surface area contributed by atoms with Gasteiger partial charge < -0.3 is 15.3 Å². The van der Waals surface area contributed by atoms with Crippen LogP contribution >= 0.6 is 11.8 Å². The second kappa shape index (κ2) is 6.00. The minimum absolute atomic E-state index is 0.0642. The molecule has 1 atom stereocenters. The number of carboxylic acids is 1. The molecule has 21 heavy (non-hydrogen) atoms. The second-order valence-electron chi connectivity index (χ2n) is 4.51. The first-order chi connectivity index (χ1) is 9.90. The Morgan fingerprint density at radius 3 is 2.81 bits per heavy atom. The van der Waals surface area contributed by atoms with Crippen molar-refractivity contribution in [3.05, 3.63) is 33.9 Å². The topological polar surface area (TPSA) is 113 Å². The number of carbonyl (C=O) groups excluding carboxylic acids is 1. The van der Waals surface area contributed by atoms with Gasteiger partial charge >= 0.3 is 12.0 Å². The number of aryl methyl sites for hydroxylation is 1. The molecule has 2 amide bonds. The molecule has 1 saturated heterocycles. The molecular weight excluding hydrogens is 298 g/mol. The number of aliphatic carboxylic acids is 1. The Labute approximate surface area is 124 Å². The van der Waals surface area contributed by atoms with Gasteiger partial charge in [0.2, 0.25) is 0 Å². The maximum absolute atomic E-state index is 12.1. The Balaban J connectivity index is 2.13. The second-order valence-corrected chi connectivity index (χ2v) is 5.51. The van der Waals surface area contributed by atoms with Crippen molar-refractivity contribution in [1.29, 1.82) is 0 Å². The summed E-state index contributed by atoms with van der Waals surface area (Å²) in [6.45, 7) is 1.63. The fourth-order valence-electron chi connectivity index (χ4n) is 1.94. The fraction of sp³-hybridized carbons (Fsp3) is 0.333. The summed E-state index contributed by atoms with van der Waals surface area (Å²) >= 11 is 1.36. The third-order valence-corrected chi connectivity index (χ3v) is 4.10. The molecule has 0 bridgehead atoms. The van der Waals surface area contributed by atoms with E-state index in [4.69, 9.17) is 5.11 Å². The Morgan fingerprint density at radius 1 is 1.52 bits per heavy atom. The summed E-state index contributed by atoms with van der Waals surface area (Å²) in [5, 5.41) is 22.3. The quantitative estimate of drug-likeness (QED) is 0.651. The Kier molecular flexibility index (Phi) is 4.32. The lowest BCUT2D eigenvalue weighted by atomic mass is 10.2. The average molecular weight is 311 g/mol. The molecular formula is C12H13N3O5S. The van der Waals surface area contributed by atoms with E-state index in [0.717, 1.165) is 0 Å². The maximum atomic E-state index is 12.1. The van der Waals surface area contributed by atoms with Crippen molar-refractivity contribution >= 4 is 35.1 Å². The van der Waals surface area contributed by atoms with Gasteiger partial charge in [0.15, 0.2) is 0 Å². The van der Waals surface area contributed by atoms with Crippen LogP contribution in [-0.2, 0) is 4.79 Å². The van der Waals surface area contributed by atoms with Crippen LogP contribution in [0.5, 0.6) is 0 Å². The number of carbonyl (C=O) groups is 2. The van der Waals surface area contributed by atoms with Gasteiger partial charge in [-0.1, -0.05) is 0 Å². The van der Waals surface area contributed by atoms with Crippen LogP contribution in [0.1, 0.15) is 5.56 Å². The van der Waals surface area contributed by atoms with Crippen LogP contribution in [0.3, 0.4) is 0 Å². The molecule has 0 aliphatic carbocycles. The van der Waals surface area contributed by atoms with E-state index in [1.165, 1.54) is 34.9 Å². The van der Waals surface area contributed by atoms with Gasteiger partial charge in [0, 0.05) is 23.6 Å². The largest absolute Gasteiger partial charge is 0.480 e. The van der Waals surface area contributed by atoms with Crippen molar-refractivity contribution in [2.75, 3.05) is 16.9 Å². The number of carboxylic acid groups (broad SMARTS) is 1. The minimum atomic E-state index is -1.05. The molecule has 1 heterocycles. The van der Waals surface area contributed by atoms with Crippen LogP contribution in [0.25, 0.3) is 0 Å². The van der Waals surface area contributed by atoms with E-state index in [1.54, 1.807) is 6.92 Å². The number of nitro groups is 1. The van der Waals surface area contributed by atoms with Gasteiger partial charge in [-0.05, 0) is 18.6 Å². The lowest BCUT2D eigenvalue weighted by Gasteiger charge is -2.21. The van der Waals surface area contributed by atoms with Crippen molar-refractivity contribution < 1.29 is 19.6 Å². The SMILES string of the molecule is Cc1cc([N+](=O)[O-])ccc1NC(=O)N1CSCC1C(=O)O. The molecule has 1 aliphatic heterocycles. The molecule has 1 aromatic rings. The zero-order valence-corrected chi connectivity index (χ0v) is 11.9. The van der Waals surface area contributed by atoms with Gasteiger partial charge in [-0.25, -0.2) is 9.59 Å². The maximum Gasteiger partial charge on any atom is 0.327 e. The number of nitrogens with one attached hydrogen (secondary N) is 1. The summed E-state index contributed by atoms with van der Waals surface area (Å²) in [6.07, 6.45) is 0. The molecule has 1 aromatic carbocycles. The van der Waals surface area contributed by atoms with Crippen LogP contribution in [0.4, 0.5) is 16.2 Å². The predicted molar refractivity (Wildman–Crippen MR) is 77.4 cm³/mol.